The van der Waals surface area contributed by atoms with Crippen molar-refractivity contribution in [2.75, 3.05) is 6.54 Å². The van der Waals surface area contributed by atoms with Crippen molar-refractivity contribution in [3.05, 3.63) is 10.4 Å². The summed E-state index contributed by atoms with van der Waals surface area (Å²) in [5.41, 5.74) is 4.52. The van der Waals surface area contributed by atoms with Crippen LogP contribution in [0.2, 0.25) is 0 Å². The van der Waals surface area contributed by atoms with Crippen molar-refractivity contribution in [1.29, 1.82) is 0 Å². The van der Waals surface area contributed by atoms with Gasteiger partial charge in [-0.1, -0.05) is 5.11 Å². The van der Waals surface area contributed by atoms with E-state index in [0.29, 0.717) is 6.42 Å². The highest BCUT2D eigenvalue weighted by Gasteiger charge is 2.53. The number of rotatable bonds is 10. The van der Waals surface area contributed by atoms with Crippen molar-refractivity contribution in [3.63, 3.8) is 0 Å². The molecule has 0 N–H and O–H groups in total. The molecular formula is C11H22F2N3O3P. The van der Waals surface area contributed by atoms with Crippen LogP contribution in [0.25, 0.3) is 10.4 Å². The number of halogens is 2. The van der Waals surface area contributed by atoms with Crippen LogP contribution in [0.1, 0.15) is 47.0 Å². The summed E-state index contributed by atoms with van der Waals surface area (Å²) in [7, 11) is -4.53. The minimum atomic E-state index is -4.53. The van der Waals surface area contributed by atoms with E-state index < -0.39 is 31.9 Å². The van der Waals surface area contributed by atoms with Crippen LogP contribution in [0.15, 0.2) is 5.11 Å². The summed E-state index contributed by atoms with van der Waals surface area (Å²) >= 11 is 0. The second-order valence-corrected chi connectivity index (χ2v) is 6.95. The molecule has 0 atom stereocenters. The van der Waals surface area contributed by atoms with Gasteiger partial charge in [0.1, 0.15) is 0 Å². The van der Waals surface area contributed by atoms with E-state index in [-0.39, 0.29) is 13.0 Å². The standard InChI is InChI=1S/C11H22F2N3O3P/c1-9(2)18-20(17,19-10(3)4)11(12,13)7-5-6-8-15-16-14/h9-10H,5-8H2,1-4H3. The van der Waals surface area contributed by atoms with Gasteiger partial charge in [0.05, 0.1) is 12.2 Å². The predicted octanol–water partition coefficient (Wildman–Crippen LogP) is 5.10. The molecule has 0 fully saturated rings. The Morgan fingerprint density at radius 1 is 1.20 bits per heavy atom. The van der Waals surface area contributed by atoms with Gasteiger partial charge in [-0.25, -0.2) is 0 Å². The van der Waals surface area contributed by atoms with Crippen LogP contribution in [0.3, 0.4) is 0 Å². The van der Waals surface area contributed by atoms with Gasteiger partial charge in [0.2, 0.25) is 0 Å². The van der Waals surface area contributed by atoms with E-state index >= 15 is 0 Å². The fourth-order valence-electron chi connectivity index (χ4n) is 1.44. The zero-order valence-corrected chi connectivity index (χ0v) is 13.1. The predicted molar refractivity (Wildman–Crippen MR) is 72.9 cm³/mol. The topological polar surface area (TPSA) is 84.3 Å². The van der Waals surface area contributed by atoms with E-state index in [9.17, 15) is 13.3 Å². The van der Waals surface area contributed by atoms with E-state index in [1.165, 1.54) is 27.7 Å². The molecule has 0 unspecified atom stereocenters. The number of alkyl halides is 2. The van der Waals surface area contributed by atoms with Crippen LogP contribution < -0.4 is 0 Å². The van der Waals surface area contributed by atoms with Crippen molar-refractivity contribution in [2.45, 2.75) is 64.8 Å². The maximum absolute atomic E-state index is 14.1. The molecule has 0 amide bonds. The molecular weight excluding hydrogens is 291 g/mol. The van der Waals surface area contributed by atoms with Crippen molar-refractivity contribution in [1.82, 2.24) is 0 Å². The first-order valence-electron chi connectivity index (χ1n) is 6.50. The molecule has 118 valence electrons. The summed E-state index contributed by atoms with van der Waals surface area (Å²) in [6, 6.07) is 0. The number of hydrogen-bond donors (Lipinski definition) is 0. The summed E-state index contributed by atoms with van der Waals surface area (Å²) in [6.07, 6.45) is -1.53. The fourth-order valence-corrected chi connectivity index (χ4v) is 3.34. The SMILES string of the molecule is CC(C)OP(=O)(OC(C)C)C(F)(F)CCCCN=[N+]=[N-]. The van der Waals surface area contributed by atoms with Crippen molar-refractivity contribution in [3.8, 4) is 0 Å². The number of azide groups is 1. The third-order valence-corrected chi connectivity index (χ3v) is 4.57. The molecule has 0 saturated heterocycles. The molecule has 0 aliphatic carbocycles. The number of hydrogen-bond acceptors (Lipinski definition) is 4. The summed E-state index contributed by atoms with van der Waals surface area (Å²) in [5, 5.41) is 3.25. The Bertz CT molecular complexity index is 371. The van der Waals surface area contributed by atoms with Gasteiger partial charge in [-0.05, 0) is 46.1 Å². The molecule has 0 aromatic carbocycles. The van der Waals surface area contributed by atoms with E-state index in [1.54, 1.807) is 0 Å². The van der Waals surface area contributed by atoms with Crippen LogP contribution in [-0.2, 0) is 13.6 Å². The van der Waals surface area contributed by atoms with Gasteiger partial charge in [0.25, 0.3) is 0 Å². The zero-order chi connectivity index (χ0) is 15.8. The van der Waals surface area contributed by atoms with Crippen molar-refractivity contribution in [2.24, 2.45) is 5.11 Å². The van der Waals surface area contributed by atoms with Gasteiger partial charge >= 0.3 is 13.3 Å². The maximum atomic E-state index is 14.1. The first kappa shape index (κ1) is 19.3. The monoisotopic (exact) mass is 313 g/mol. The summed E-state index contributed by atoms with van der Waals surface area (Å²) in [6.45, 7) is 6.22. The minimum Gasteiger partial charge on any atom is -0.302 e. The van der Waals surface area contributed by atoms with E-state index in [0.717, 1.165) is 0 Å². The number of nitrogens with zero attached hydrogens (tertiary/aromatic N) is 3. The molecule has 9 heteroatoms. The molecule has 0 bridgehead atoms. The Morgan fingerprint density at radius 3 is 2.10 bits per heavy atom. The van der Waals surface area contributed by atoms with Gasteiger partial charge in [0, 0.05) is 17.9 Å². The molecule has 0 heterocycles. The van der Waals surface area contributed by atoms with E-state index in [1.807, 2.05) is 0 Å². The minimum absolute atomic E-state index is 0.0684. The molecule has 0 radical (unpaired) electrons. The molecule has 0 aliphatic rings. The van der Waals surface area contributed by atoms with Crippen LogP contribution in [0, 0.1) is 0 Å². The lowest BCUT2D eigenvalue weighted by molar-refractivity contribution is 0.0125. The van der Waals surface area contributed by atoms with E-state index in [4.69, 9.17) is 14.6 Å². The first-order valence-corrected chi connectivity index (χ1v) is 8.04. The molecule has 6 nitrogen and oxygen atoms in total. The lowest BCUT2D eigenvalue weighted by Gasteiger charge is -2.29. The lowest BCUT2D eigenvalue weighted by atomic mass is 10.2. The van der Waals surface area contributed by atoms with Crippen LogP contribution in [-0.4, -0.2) is 24.4 Å². The van der Waals surface area contributed by atoms with Gasteiger partial charge in [-0.2, -0.15) is 8.78 Å². The highest BCUT2D eigenvalue weighted by Crippen LogP contribution is 2.65. The Labute approximate surface area is 118 Å². The Kier molecular flexibility index (Phi) is 8.28. The maximum Gasteiger partial charge on any atom is 0.400 e. The fraction of sp³-hybridized carbons (Fsp3) is 1.00. The third kappa shape index (κ3) is 6.66. The third-order valence-electron chi connectivity index (χ3n) is 2.15. The normalized spacial score (nSPS) is 12.8. The molecule has 0 aliphatic heterocycles. The van der Waals surface area contributed by atoms with Gasteiger partial charge in [0.15, 0.2) is 0 Å². The molecule has 0 aromatic heterocycles. The zero-order valence-electron chi connectivity index (χ0n) is 12.3. The molecule has 0 aromatic rings. The highest BCUT2D eigenvalue weighted by atomic mass is 31.2. The van der Waals surface area contributed by atoms with Crippen LogP contribution in [0.4, 0.5) is 8.78 Å². The van der Waals surface area contributed by atoms with Crippen molar-refractivity contribution >= 4 is 7.60 Å². The molecule has 20 heavy (non-hydrogen) atoms. The van der Waals surface area contributed by atoms with Crippen molar-refractivity contribution < 1.29 is 22.4 Å². The van der Waals surface area contributed by atoms with E-state index in [2.05, 4.69) is 10.0 Å². The van der Waals surface area contributed by atoms with Gasteiger partial charge < -0.3 is 9.05 Å². The quantitative estimate of drug-likeness (QED) is 0.185. The Morgan fingerprint density at radius 2 is 1.70 bits per heavy atom. The van der Waals surface area contributed by atoms with Crippen LogP contribution >= 0.6 is 7.60 Å². The largest absolute Gasteiger partial charge is 0.400 e. The summed E-state index contributed by atoms with van der Waals surface area (Å²) in [5.74, 6) is 0. The Balaban J connectivity index is 4.75. The number of unbranched alkanes of at least 4 members (excludes halogenated alkanes) is 1. The highest BCUT2D eigenvalue weighted by molar-refractivity contribution is 7.55. The van der Waals surface area contributed by atoms with Gasteiger partial charge in [-0.15, -0.1) is 0 Å². The molecule has 0 rings (SSSR count). The molecule has 0 saturated carbocycles. The van der Waals surface area contributed by atoms with Crippen LogP contribution in [0.5, 0.6) is 0 Å². The molecule has 0 spiro atoms. The smallest absolute Gasteiger partial charge is 0.302 e. The Hall–Kier alpha value is -0.680. The second kappa shape index (κ2) is 8.57. The average molecular weight is 313 g/mol. The summed E-state index contributed by atoms with van der Waals surface area (Å²) in [4.78, 5) is 2.53. The average Bonchev–Trinajstić information content (AvgIpc) is 2.26. The second-order valence-electron chi connectivity index (χ2n) is 4.88. The first-order chi connectivity index (χ1) is 9.14. The summed E-state index contributed by atoms with van der Waals surface area (Å²) < 4.78 is 50.3. The van der Waals surface area contributed by atoms with Gasteiger partial charge in [-0.3, -0.25) is 4.57 Å². The lowest BCUT2D eigenvalue weighted by Crippen LogP contribution is -2.24.